The molecular formula is C16H23BrN2O3. The minimum Gasteiger partial charge on any atom is -0.444 e. The molecule has 0 N–H and O–H groups in total. The zero-order valence-corrected chi connectivity index (χ0v) is 15.1. The molecule has 1 aromatic heterocycles. The third-order valence-corrected chi connectivity index (χ3v) is 4.34. The third kappa shape index (κ3) is 3.98. The summed E-state index contributed by atoms with van der Waals surface area (Å²) >= 11 is 3.34. The van der Waals surface area contributed by atoms with Crippen molar-refractivity contribution in [1.82, 2.24) is 9.88 Å². The fourth-order valence-corrected chi connectivity index (χ4v) is 2.87. The van der Waals surface area contributed by atoms with Crippen LogP contribution in [0.4, 0.5) is 4.79 Å². The number of amides is 1. The molecule has 2 heterocycles. The summed E-state index contributed by atoms with van der Waals surface area (Å²) in [4.78, 5) is 18.2. The Morgan fingerprint density at radius 2 is 1.95 bits per heavy atom. The van der Waals surface area contributed by atoms with Crippen LogP contribution in [-0.4, -0.2) is 41.8 Å². The number of rotatable bonds is 2. The molecule has 1 saturated heterocycles. The molecule has 1 aliphatic rings. The van der Waals surface area contributed by atoms with Crippen LogP contribution in [0, 0.1) is 0 Å². The molecule has 5 nitrogen and oxygen atoms in total. The van der Waals surface area contributed by atoms with E-state index in [4.69, 9.17) is 9.47 Å². The highest BCUT2D eigenvalue weighted by molar-refractivity contribution is 9.10. The normalized spacial score (nSPS) is 18.1. The first-order valence-corrected chi connectivity index (χ1v) is 8.20. The molecule has 0 aliphatic carbocycles. The van der Waals surface area contributed by atoms with E-state index in [2.05, 4.69) is 20.9 Å². The second-order valence-electron chi connectivity index (χ2n) is 6.54. The molecule has 0 radical (unpaired) electrons. The second kappa shape index (κ2) is 6.54. The van der Waals surface area contributed by atoms with E-state index in [9.17, 15) is 4.79 Å². The number of ether oxygens (including phenoxy) is 2. The van der Waals surface area contributed by atoms with Crippen LogP contribution < -0.4 is 0 Å². The maximum Gasteiger partial charge on any atom is 0.410 e. The van der Waals surface area contributed by atoms with Gasteiger partial charge in [0.25, 0.3) is 0 Å². The molecule has 1 aliphatic heterocycles. The van der Waals surface area contributed by atoms with E-state index >= 15 is 0 Å². The Labute approximate surface area is 140 Å². The minimum atomic E-state index is -0.470. The molecule has 0 atom stereocenters. The zero-order valence-electron chi connectivity index (χ0n) is 13.6. The molecule has 0 aromatic carbocycles. The molecule has 122 valence electrons. The van der Waals surface area contributed by atoms with E-state index in [1.165, 1.54) is 0 Å². The Morgan fingerprint density at radius 1 is 1.32 bits per heavy atom. The summed E-state index contributed by atoms with van der Waals surface area (Å²) in [6, 6.07) is 3.93. The number of hydrogen-bond acceptors (Lipinski definition) is 4. The molecule has 6 heteroatoms. The van der Waals surface area contributed by atoms with Crippen molar-refractivity contribution in [3.63, 3.8) is 0 Å². The highest BCUT2D eigenvalue weighted by atomic mass is 79.9. The molecule has 22 heavy (non-hydrogen) atoms. The average molecular weight is 371 g/mol. The molecule has 1 fully saturated rings. The van der Waals surface area contributed by atoms with Crippen molar-refractivity contribution in [2.75, 3.05) is 20.2 Å². The highest BCUT2D eigenvalue weighted by Crippen LogP contribution is 2.36. The average Bonchev–Trinajstić information content (AvgIpc) is 2.46. The lowest BCUT2D eigenvalue weighted by Gasteiger charge is -2.41. The van der Waals surface area contributed by atoms with Crippen molar-refractivity contribution >= 4 is 22.0 Å². The van der Waals surface area contributed by atoms with Crippen LogP contribution in [0.3, 0.4) is 0 Å². The van der Waals surface area contributed by atoms with Crippen molar-refractivity contribution in [3.05, 3.63) is 28.5 Å². The number of halogens is 1. The van der Waals surface area contributed by atoms with Crippen molar-refractivity contribution in [2.24, 2.45) is 0 Å². The highest BCUT2D eigenvalue weighted by Gasteiger charge is 2.38. The predicted molar refractivity (Wildman–Crippen MR) is 87.7 cm³/mol. The first-order chi connectivity index (χ1) is 10.3. The van der Waals surface area contributed by atoms with Gasteiger partial charge in [0.05, 0.1) is 5.60 Å². The van der Waals surface area contributed by atoms with Gasteiger partial charge in [-0.15, -0.1) is 0 Å². The van der Waals surface area contributed by atoms with E-state index in [0.717, 1.165) is 23.0 Å². The molecule has 0 spiro atoms. The van der Waals surface area contributed by atoms with Gasteiger partial charge in [-0.1, -0.05) is 6.07 Å². The fourth-order valence-electron chi connectivity index (χ4n) is 2.63. The van der Waals surface area contributed by atoms with Crippen LogP contribution in [0.2, 0.25) is 0 Å². The zero-order chi connectivity index (χ0) is 16.4. The summed E-state index contributed by atoms with van der Waals surface area (Å²) in [6.07, 6.45) is 3.03. The first-order valence-electron chi connectivity index (χ1n) is 7.41. The largest absolute Gasteiger partial charge is 0.444 e. The van der Waals surface area contributed by atoms with E-state index in [0.29, 0.717) is 13.1 Å². The van der Waals surface area contributed by atoms with Gasteiger partial charge in [0.2, 0.25) is 0 Å². The van der Waals surface area contributed by atoms with Crippen LogP contribution in [0.5, 0.6) is 0 Å². The van der Waals surface area contributed by atoms with Crippen molar-refractivity contribution in [3.8, 4) is 0 Å². The molecular weight excluding hydrogens is 348 g/mol. The number of carbonyl (C=O) groups excluding carboxylic acids is 1. The number of likely N-dealkylation sites (tertiary alicyclic amines) is 1. The lowest BCUT2D eigenvalue weighted by atomic mass is 9.85. The summed E-state index contributed by atoms with van der Waals surface area (Å²) in [5, 5.41) is 0. The van der Waals surface area contributed by atoms with E-state index in [-0.39, 0.29) is 11.7 Å². The van der Waals surface area contributed by atoms with Crippen LogP contribution in [0.1, 0.15) is 39.2 Å². The summed E-state index contributed by atoms with van der Waals surface area (Å²) in [5.74, 6) is 0. The molecule has 0 bridgehead atoms. The van der Waals surface area contributed by atoms with Crippen LogP contribution >= 0.6 is 15.9 Å². The van der Waals surface area contributed by atoms with Gasteiger partial charge >= 0.3 is 6.09 Å². The van der Waals surface area contributed by atoms with Crippen LogP contribution in [0.25, 0.3) is 0 Å². The predicted octanol–water partition coefficient (Wildman–Crippen LogP) is 3.72. The smallest absolute Gasteiger partial charge is 0.410 e. The monoisotopic (exact) mass is 370 g/mol. The number of carbonyl (C=O) groups is 1. The van der Waals surface area contributed by atoms with Gasteiger partial charge in [-0.05, 0) is 55.6 Å². The SMILES string of the molecule is COC1(c2ccc(Br)nc2)CCN(C(=O)OC(C)(C)C)CC1. The number of pyridine rings is 1. The van der Waals surface area contributed by atoms with Gasteiger partial charge in [-0.3, -0.25) is 0 Å². The summed E-state index contributed by atoms with van der Waals surface area (Å²) in [5.41, 5.74) is 0.191. The Balaban J connectivity index is 2.05. The Bertz CT molecular complexity index is 517. The standard InChI is InChI=1S/C16H23BrN2O3/c1-15(2,3)22-14(20)19-9-7-16(21-4,8-10-19)12-5-6-13(17)18-11-12/h5-6,11H,7-10H2,1-4H3. The van der Waals surface area contributed by atoms with Crippen molar-refractivity contribution < 1.29 is 14.3 Å². The Hall–Kier alpha value is -1.14. The fraction of sp³-hybridized carbons (Fsp3) is 0.625. The second-order valence-corrected chi connectivity index (χ2v) is 7.35. The van der Waals surface area contributed by atoms with Gasteiger partial charge in [0.1, 0.15) is 10.2 Å². The number of piperidine rings is 1. The summed E-state index contributed by atoms with van der Waals surface area (Å²) < 4.78 is 12.0. The number of hydrogen-bond donors (Lipinski definition) is 0. The number of aromatic nitrogens is 1. The van der Waals surface area contributed by atoms with Gasteiger partial charge in [0.15, 0.2) is 0 Å². The van der Waals surface area contributed by atoms with Gasteiger partial charge in [-0.25, -0.2) is 9.78 Å². The quantitative estimate of drug-likeness (QED) is 0.744. The molecule has 1 aromatic rings. The van der Waals surface area contributed by atoms with Crippen molar-refractivity contribution in [2.45, 2.75) is 44.8 Å². The maximum atomic E-state index is 12.1. The van der Waals surface area contributed by atoms with Crippen LogP contribution in [-0.2, 0) is 15.1 Å². The molecule has 0 saturated carbocycles. The summed E-state index contributed by atoms with van der Waals surface area (Å²) in [6.45, 7) is 6.85. The molecule has 0 unspecified atom stereocenters. The maximum absolute atomic E-state index is 12.1. The number of methoxy groups -OCH3 is 1. The third-order valence-electron chi connectivity index (χ3n) is 3.87. The van der Waals surface area contributed by atoms with Gasteiger partial charge in [0, 0.05) is 32.0 Å². The van der Waals surface area contributed by atoms with E-state index in [1.807, 2.05) is 39.1 Å². The van der Waals surface area contributed by atoms with Gasteiger partial charge < -0.3 is 14.4 Å². The topological polar surface area (TPSA) is 51.7 Å². The first kappa shape index (κ1) is 17.2. The Morgan fingerprint density at radius 3 is 2.41 bits per heavy atom. The summed E-state index contributed by atoms with van der Waals surface area (Å²) in [7, 11) is 1.71. The van der Waals surface area contributed by atoms with E-state index < -0.39 is 5.60 Å². The minimum absolute atomic E-state index is 0.258. The van der Waals surface area contributed by atoms with Crippen LogP contribution in [0.15, 0.2) is 22.9 Å². The van der Waals surface area contributed by atoms with E-state index in [1.54, 1.807) is 12.0 Å². The van der Waals surface area contributed by atoms with Gasteiger partial charge in [-0.2, -0.15) is 0 Å². The molecule has 1 amide bonds. The number of nitrogens with zero attached hydrogens (tertiary/aromatic N) is 2. The lowest BCUT2D eigenvalue weighted by molar-refractivity contribution is -0.0652. The lowest BCUT2D eigenvalue weighted by Crippen LogP contribution is -2.47. The Kier molecular flexibility index (Phi) is 5.12. The molecule has 2 rings (SSSR count). The van der Waals surface area contributed by atoms with Crippen molar-refractivity contribution in [1.29, 1.82) is 0 Å².